The topological polar surface area (TPSA) is 87.0 Å². The van der Waals surface area contributed by atoms with Gasteiger partial charge in [0.2, 0.25) is 0 Å². The number of nitrogens with one attached hydrogen (secondary N) is 1. The molecule has 7 nitrogen and oxygen atoms in total. The molecular formula is C22H19F2NO6. The maximum atomic E-state index is 12.4. The Morgan fingerprint density at radius 2 is 1.74 bits per heavy atom. The van der Waals surface area contributed by atoms with E-state index in [0.717, 1.165) is 0 Å². The fraction of sp³-hybridized carbons (Fsp3) is 0.182. The van der Waals surface area contributed by atoms with E-state index in [9.17, 15) is 18.4 Å². The average Bonchev–Trinajstić information content (AvgIpc) is 3.23. The first kappa shape index (κ1) is 21.8. The Kier molecular flexibility index (Phi) is 6.86. The van der Waals surface area contributed by atoms with Crippen LogP contribution in [0.25, 0.3) is 0 Å². The average molecular weight is 431 g/mol. The SMILES string of the molecule is COC(=O)c1ccc(OCc2ccc(C(=O)Nc3ccc(OC(F)F)cc3C)o2)cc1. The van der Waals surface area contributed by atoms with Gasteiger partial charge < -0.3 is 23.9 Å². The Hall–Kier alpha value is -3.88. The lowest BCUT2D eigenvalue weighted by molar-refractivity contribution is -0.0498. The monoisotopic (exact) mass is 431 g/mol. The number of rotatable bonds is 8. The molecule has 162 valence electrons. The maximum Gasteiger partial charge on any atom is 0.387 e. The third kappa shape index (κ3) is 5.81. The number of carbonyl (C=O) groups excluding carboxylic acids is 2. The molecular weight excluding hydrogens is 412 g/mol. The molecule has 0 bridgehead atoms. The molecule has 0 radical (unpaired) electrons. The first-order valence-electron chi connectivity index (χ1n) is 9.12. The molecule has 1 N–H and O–H groups in total. The quantitative estimate of drug-likeness (QED) is 0.515. The van der Waals surface area contributed by atoms with Crippen molar-refractivity contribution in [3.05, 3.63) is 77.2 Å². The summed E-state index contributed by atoms with van der Waals surface area (Å²) in [6.45, 7) is -1.20. The summed E-state index contributed by atoms with van der Waals surface area (Å²) in [4.78, 5) is 23.8. The molecule has 2 aromatic carbocycles. The van der Waals surface area contributed by atoms with E-state index >= 15 is 0 Å². The van der Waals surface area contributed by atoms with Crippen LogP contribution in [0.3, 0.4) is 0 Å². The lowest BCUT2D eigenvalue weighted by Gasteiger charge is -2.10. The highest BCUT2D eigenvalue weighted by Crippen LogP contribution is 2.24. The van der Waals surface area contributed by atoms with E-state index in [4.69, 9.17) is 9.15 Å². The van der Waals surface area contributed by atoms with E-state index in [2.05, 4.69) is 14.8 Å². The van der Waals surface area contributed by atoms with Gasteiger partial charge in [-0.05, 0) is 67.1 Å². The van der Waals surface area contributed by atoms with Crippen LogP contribution in [0.1, 0.15) is 32.2 Å². The van der Waals surface area contributed by atoms with E-state index in [1.165, 1.54) is 31.4 Å². The Morgan fingerprint density at radius 3 is 2.39 bits per heavy atom. The third-order valence-electron chi connectivity index (χ3n) is 4.21. The number of aryl methyl sites for hydroxylation is 1. The number of halogens is 2. The third-order valence-corrected chi connectivity index (χ3v) is 4.21. The summed E-state index contributed by atoms with van der Waals surface area (Å²) in [7, 11) is 1.30. The molecule has 0 saturated carbocycles. The van der Waals surface area contributed by atoms with Crippen LogP contribution in [0.4, 0.5) is 14.5 Å². The zero-order valence-electron chi connectivity index (χ0n) is 16.7. The fourth-order valence-electron chi connectivity index (χ4n) is 2.67. The number of alkyl halides is 2. The van der Waals surface area contributed by atoms with Crippen molar-refractivity contribution in [2.24, 2.45) is 0 Å². The van der Waals surface area contributed by atoms with E-state index < -0.39 is 18.5 Å². The van der Waals surface area contributed by atoms with Crippen molar-refractivity contribution in [2.75, 3.05) is 12.4 Å². The fourth-order valence-corrected chi connectivity index (χ4v) is 2.67. The number of furan rings is 1. The molecule has 0 saturated heterocycles. The number of ether oxygens (including phenoxy) is 3. The lowest BCUT2D eigenvalue weighted by Crippen LogP contribution is -2.12. The van der Waals surface area contributed by atoms with E-state index in [1.54, 1.807) is 37.3 Å². The van der Waals surface area contributed by atoms with Crippen LogP contribution in [0.15, 0.2) is 59.0 Å². The van der Waals surface area contributed by atoms with Crippen LogP contribution in [0, 0.1) is 6.92 Å². The summed E-state index contributed by atoms with van der Waals surface area (Å²) in [5.74, 6) is 0.0462. The van der Waals surface area contributed by atoms with E-state index in [-0.39, 0.29) is 18.1 Å². The Labute approximate surface area is 176 Å². The van der Waals surface area contributed by atoms with Crippen molar-refractivity contribution in [3.63, 3.8) is 0 Å². The predicted molar refractivity (Wildman–Crippen MR) is 107 cm³/mol. The smallest absolute Gasteiger partial charge is 0.387 e. The molecule has 0 aliphatic rings. The van der Waals surface area contributed by atoms with Gasteiger partial charge in [-0.15, -0.1) is 0 Å². The number of methoxy groups -OCH3 is 1. The van der Waals surface area contributed by atoms with Crippen molar-refractivity contribution in [1.29, 1.82) is 0 Å². The van der Waals surface area contributed by atoms with Gasteiger partial charge in [0.1, 0.15) is 23.9 Å². The molecule has 31 heavy (non-hydrogen) atoms. The number of anilines is 1. The van der Waals surface area contributed by atoms with Gasteiger partial charge in [0.25, 0.3) is 5.91 Å². The second kappa shape index (κ2) is 9.75. The van der Waals surface area contributed by atoms with Gasteiger partial charge >= 0.3 is 12.6 Å². The summed E-state index contributed by atoms with van der Waals surface area (Å²) >= 11 is 0. The number of amides is 1. The molecule has 3 rings (SSSR count). The van der Waals surface area contributed by atoms with Crippen molar-refractivity contribution in [3.8, 4) is 11.5 Å². The first-order chi connectivity index (χ1) is 14.9. The highest BCUT2D eigenvalue weighted by Gasteiger charge is 2.14. The number of benzene rings is 2. The molecule has 0 unspecified atom stereocenters. The molecule has 0 aliphatic carbocycles. The Morgan fingerprint density at radius 1 is 1.03 bits per heavy atom. The van der Waals surface area contributed by atoms with Gasteiger partial charge in [-0.25, -0.2) is 4.79 Å². The highest BCUT2D eigenvalue weighted by atomic mass is 19.3. The minimum absolute atomic E-state index is 0.00236. The lowest BCUT2D eigenvalue weighted by atomic mass is 10.2. The Balaban J connectivity index is 1.57. The van der Waals surface area contributed by atoms with Crippen LogP contribution >= 0.6 is 0 Å². The predicted octanol–water partition coefficient (Wildman–Crippen LogP) is 4.81. The maximum absolute atomic E-state index is 12.4. The number of esters is 1. The second-order valence-electron chi connectivity index (χ2n) is 6.38. The Bertz CT molecular complexity index is 1060. The molecule has 1 aromatic heterocycles. The van der Waals surface area contributed by atoms with Crippen molar-refractivity contribution >= 4 is 17.6 Å². The van der Waals surface area contributed by atoms with Gasteiger partial charge in [-0.3, -0.25) is 4.79 Å². The van der Waals surface area contributed by atoms with Crippen LogP contribution in [-0.2, 0) is 11.3 Å². The molecule has 0 atom stereocenters. The van der Waals surface area contributed by atoms with E-state index in [1.807, 2.05) is 0 Å². The van der Waals surface area contributed by atoms with Crippen molar-refractivity contribution in [1.82, 2.24) is 0 Å². The standard InChI is InChI=1S/C22H19F2NO6/c1-13-11-16(31-22(23)24)7-9-18(13)25-20(26)19-10-8-17(30-19)12-29-15-5-3-14(4-6-15)21(27)28-2/h3-11,22H,12H2,1-2H3,(H,25,26). The summed E-state index contributed by atoms with van der Waals surface area (Å²) in [5.41, 5.74) is 1.39. The highest BCUT2D eigenvalue weighted by molar-refractivity contribution is 6.02. The van der Waals surface area contributed by atoms with Crippen LogP contribution in [-0.4, -0.2) is 25.6 Å². The molecule has 3 aromatic rings. The zero-order chi connectivity index (χ0) is 22.4. The van der Waals surface area contributed by atoms with Crippen LogP contribution in [0.5, 0.6) is 11.5 Å². The van der Waals surface area contributed by atoms with Crippen molar-refractivity contribution < 1.29 is 37.0 Å². The van der Waals surface area contributed by atoms with Crippen LogP contribution < -0.4 is 14.8 Å². The largest absolute Gasteiger partial charge is 0.486 e. The molecule has 1 amide bonds. The zero-order valence-corrected chi connectivity index (χ0v) is 16.7. The molecule has 0 aliphatic heterocycles. The second-order valence-corrected chi connectivity index (χ2v) is 6.38. The summed E-state index contributed by atoms with van der Waals surface area (Å²) in [6, 6.07) is 13.7. The molecule has 0 fully saturated rings. The summed E-state index contributed by atoms with van der Waals surface area (Å²) < 4.78 is 44.6. The van der Waals surface area contributed by atoms with Crippen molar-refractivity contribution in [2.45, 2.75) is 20.1 Å². The van der Waals surface area contributed by atoms with Gasteiger partial charge in [-0.2, -0.15) is 8.78 Å². The summed E-state index contributed by atoms with van der Waals surface area (Å²) in [5, 5.41) is 2.66. The molecule has 9 heteroatoms. The summed E-state index contributed by atoms with van der Waals surface area (Å²) in [6.07, 6.45) is 0. The normalized spacial score (nSPS) is 10.6. The first-order valence-corrected chi connectivity index (χ1v) is 9.12. The minimum atomic E-state index is -2.92. The number of hydrogen-bond acceptors (Lipinski definition) is 6. The van der Waals surface area contributed by atoms with E-state index in [0.29, 0.717) is 28.3 Å². The number of carbonyl (C=O) groups is 2. The number of hydrogen-bond donors (Lipinski definition) is 1. The van der Waals surface area contributed by atoms with Crippen LogP contribution in [0.2, 0.25) is 0 Å². The minimum Gasteiger partial charge on any atom is -0.486 e. The van der Waals surface area contributed by atoms with Gasteiger partial charge in [-0.1, -0.05) is 0 Å². The van der Waals surface area contributed by atoms with Gasteiger partial charge in [0, 0.05) is 5.69 Å². The van der Waals surface area contributed by atoms with Gasteiger partial charge in [0.15, 0.2) is 5.76 Å². The molecule has 0 spiro atoms. The van der Waals surface area contributed by atoms with Gasteiger partial charge in [0.05, 0.1) is 12.7 Å². The molecule has 1 heterocycles.